The number of carbonyl (C=O) groups excluding carboxylic acids is 2. The lowest BCUT2D eigenvalue weighted by Crippen LogP contribution is -2.63. The third-order valence-corrected chi connectivity index (χ3v) is 5.89. The fraction of sp³-hybridized carbons (Fsp3) is 0.231. The maximum absolute atomic E-state index is 13.5. The van der Waals surface area contributed by atoms with E-state index >= 15 is 0 Å². The molecule has 0 fully saturated rings. The number of amides is 2. The van der Waals surface area contributed by atoms with Gasteiger partial charge in [0, 0.05) is 24.2 Å². The number of benzene rings is 3. The van der Waals surface area contributed by atoms with Crippen LogP contribution in [0.2, 0.25) is 0 Å². The molecule has 6 nitrogen and oxygen atoms in total. The molecule has 0 radical (unpaired) electrons. The molecule has 164 valence electrons. The van der Waals surface area contributed by atoms with Gasteiger partial charge in [0.2, 0.25) is 5.91 Å². The summed E-state index contributed by atoms with van der Waals surface area (Å²) in [5, 5.41) is 3.02. The van der Waals surface area contributed by atoms with Crippen molar-refractivity contribution in [2.24, 2.45) is 0 Å². The van der Waals surface area contributed by atoms with Gasteiger partial charge in [0.1, 0.15) is 17.0 Å². The maximum atomic E-state index is 13.5. The molecule has 3 aromatic carbocycles. The van der Waals surface area contributed by atoms with Crippen molar-refractivity contribution in [3.05, 3.63) is 89.5 Å². The predicted octanol–water partition coefficient (Wildman–Crippen LogP) is 3.98. The SMILES string of the molecule is COc1ccc(N2C(=O)c3ccccc3C[C@@]2(C)C(=O)NCc2cccc(OC)c2)cc1. The smallest absolute Gasteiger partial charge is 0.259 e. The van der Waals surface area contributed by atoms with Crippen LogP contribution in [0.3, 0.4) is 0 Å². The van der Waals surface area contributed by atoms with Crippen molar-refractivity contribution >= 4 is 17.5 Å². The standard InChI is InChI=1S/C26H26N2O4/c1-26(25(30)27-17-18-7-6-9-22(15-18)32-3)16-19-8-4-5-10-23(19)24(29)28(26)20-11-13-21(31-2)14-12-20/h4-15H,16-17H2,1-3H3,(H,27,30)/t26-/m0/s1. The highest BCUT2D eigenvalue weighted by molar-refractivity contribution is 6.14. The Balaban J connectivity index is 1.68. The summed E-state index contributed by atoms with van der Waals surface area (Å²) in [7, 11) is 3.20. The van der Waals surface area contributed by atoms with Crippen molar-refractivity contribution in [1.29, 1.82) is 0 Å². The van der Waals surface area contributed by atoms with Gasteiger partial charge in [0.15, 0.2) is 0 Å². The summed E-state index contributed by atoms with van der Waals surface area (Å²) >= 11 is 0. The molecular formula is C26H26N2O4. The first kappa shape index (κ1) is 21.4. The van der Waals surface area contributed by atoms with E-state index in [-0.39, 0.29) is 11.8 Å². The van der Waals surface area contributed by atoms with Gasteiger partial charge >= 0.3 is 0 Å². The second-order valence-corrected chi connectivity index (χ2v) is 7.98. The first-order valence-electron chi connectivity index (χ1n) is 10.4. The third kappa shape index (κ3) is 3.91. The Bertz CT molecular complexity index is 1140. The topological polar surface area (TPSA) is 67.9 Å². The Kier molecular flexibility index (Phi) is 5.86. The summed E-state index contributed by atoms with van der Waals surface area (Å²) in [6.45, 7) is 2.14. The van der Waals surface area contributed by atoms with E-state index in [9.17, 15) is 9.59 Å². The van der Waals surface area contributed by atoms with Crippen molar-refractivity contribution in [2.75, 3.05) is 19.1 Å². The van der Waals surface area contributed by atoms with Gasteiger partial charge in [-0.1, -0.05) is 30.3 Å². The highest BCUT2D eigenvalue weighted by atomic mass is 16.5. The van der Waals surface area contributed by atoms with Gasteiger partial charge in [-0.3, -0.25) is 14.5 Å². The Morgan fingerprint density at radius 3 is 2.41 bits per heavy atom. The minimum atomic E-state index is -1.10. The lowest BCUT2D eigenvalue weighted by atomic mass is 9.82. The summed E-state index contributed by atoms with van der Waals surface area (Å²) in [5.74, 6) is 0.988. The molecule has 0 bridgehead atoms. The maximum Gasteiger partial charge on any atom is 0.259 e. The number of methoxy groups -OCH3 is 2. The Hall–Kier alpha value is -3.80. The fourth-order valence-electron chi connectivity index (χ4n) is 4.15. The van der Waals surface area contributed by atoms with Crippen LogP contribution in [0.5, 0.6) is 11.5 Å². The van der Waals surface area contributed by atoms with E-state index in [1.807, 2.05) is 55.5 Å². The normalized spacial score (nSPS) is 17.5. The van der Waals surface area contributed by atoms with Crippen LogP contribution in [0.15, 0.2) is 72.8 Å². The van der Waals surface area contributed by atoms with E-state index in [2.05, 4.69) is 5.32 Å². The molecule has 1 heterocycles. The van der Waals surface area contributed by atoms with E-state index in [1.54, 1.807) is 43.4 Å². The molecule has 3 aromatic rings. The Morgan fingerprint density at radius 1 is 0.969 bits per heavy atom. The molecule has 0 saturated carbocycles. The highest BCUT2D eigenvalue weighted by Crippen LogP contribution is 2.36. The molecule has 2 amide bonds. The zero-order valence-electron chi connectivity index (χ0n) is 18.4. The first-order valence-corrected chi connectivity index (χ1v) is 10.4. The number of nitrogens with one attached hydrogen (secondary N) is 1. The molecule has 1 atom stereocenters. The van der Waals surface area contributed by atoms with E-state index in [1.165, 1.54) is 0 Å². The van der Waals surface area contributed by atoms with Crippen molar-refractivity contribution in [1.82, 2.24) is 5.32 Å². The largest absolute Gasteiger partial charge is 0.497 e. The van der Waals surface area contributed by atoms with Crippen molar-refractivity contribution < 1.29 is 19.1 Å². The van der Waals surface area contributed by atoms with E-state index < -0.39 is 5.54 Å². The summed E-state index contributed by atoms with van der Waals surface area (Å²) < 4.78 is 10.5. The van der Waals surface area contributed by atoms with Crippen LogP contribution in [0.25, 0.3) is 0 Å². The number of anilines is 1. The summed E-state index contributed by atoms with van der Waals surface area (Å²) in [4.78, 5) is 28.7. The zero-order chi connectivity index (χ0) is 22.7. The summed E-state index contributed by atoms with van der Waals surface area (Å²) in [6.07, 6.45) is 0.408. The van der Waals surface area contributed by atoms with Gasteiger partial charge < -0.3 is 14.8 Å². The molecule has 0 aromatic heterocycles. The van der Waals surface area contributed by atoms with Gasteiger partial charge in [-0.05, 0) is 60.5 Å². The number of ether oxygens (including phenoxy) is 2. The minimum Gasteiger partial charge on any atom is -0.497 e. The predicted molar refractivity (Wildman–Crippen MR) is 123 cm³/mol. The van der Waals surface area contributed by atoms with Crippen molar-refractivity contribution in [2.45, 2.75) is 25.4 Å². The number of rotatable bonds is 6. The van der Waals surface area contributed by atoms with Crippen molar-refractivity contribution in [3.8, 4) is 11.5 Å². The number of fused-ring (bicyclic) bond motifs is 1. The average molecular weight is 431 g/mol. The lowest BCUT2D eigenvalue weighted by molar-refractivity contribution is -0.126. The van der Waals surface area contributed by atoms with E-state index in [0.29, 0.717) is 30.0 Å². The number of hydrogen-bond donors (Lipinski definition) is 1. The highest BCUT2D eigenvalue weighted by Gasteiger charge is 2.47. The summed E-state index contributed by atoms with van der Waals surface area (Å²) in [5.41, 5.74) is 1.94. The molecule has 0 saturated heterocycles. The molecule has 0 unspecified atom stereocenters. The van der Waals surface area contributed by atoms with Gasteiger partial charge in [-0.15, -0.1) is 0 Å². The molecule has 0 spiro atoms. The average Bonchev–Trinajstić information content (AvgIpc) is 2.83. The number of hydrogen-bond acceptors (Lipinski definition) is 4. The molecular weight excluding hydrogens is 404 g/mol. The molecule has 6 heteroatoms. The number of nitrogens with zero attached hydrogens (tertiary/aromatic N) is 1. The first-order chi connectivity index (χ1) is 15.5. The van der Waals surface area contributed by atoms with Gasteiger partial charge in [0.05, 0.1) is 14.2 Å². The third-order valence-electron chi connectivity index (χ3n) is 5.89. The van der Waals surface area contributed by atoms with E-state index in [0.717, 1.165) is 16.9 Å². The zero-order valence-corrected chi connectivity index (χ0v) is 18.4. The fourth-order valence-corrected chi connectivity index (χ4v) is 4.15. The van der Waals surface area contributed by atoms with Crippen LogP contribution < -0.4 is 19.7 Å². The van der Waals surface area contributed by atoms with Gasteiger partial charge in [-0.25, -0.2) is 0 Å². The molecule has 4 rings (SSSR count). The van der Waals surface area contributed by atoms with Crippen LogP contribution >= 0.6 is 0 Å². The molecule has 1 aliphatic heterocycles. The monoisotopic (exact) mass is 430 g/mol. The van der Waals surface area contributed by atoms with Crippen LogP contribution in [0.1, 0.15) is 28.4 Å². The van der Waals surface area contributed by atoms with Crippen LogP contribution in [0, 0.1) is 0 Å². The van der Waals surface area contributed by atoms with Crippen LogP contribution in [-0.4, -0.2) is 31.6 Å². The second-order valence-electron chi connectivity index (χ2n) is 7.98. The quantitative estimate of drug-likeness (QED) is 0.642. The van der Waals surface area contributed by atoms with Gasteiger partial charge in [-0.2, -0.15) is 0 Å². The molecule has 1 N–H and O–H groups in total. The minimum absolute atomic E-state index is 0.198. The molecule has 1 aliphatic rings. The van der Waals surface area contributed by atoms with Crippen LogP contribution in [-0.2, 0) is 17.8 Å². The van der Waals surface area contributed by atoms with Crippen molar-refractivity contribution in [3.63, 3.8) is 0 Å². The van der Waals surface area contributed by atoms with E-state index in [4.69, 9.17) is 9.47 Å². The summed E-state index contributed by atoms with van der Waals surface area (Å²) in [6, 6.07) is 22.2. The Labute approximate surface area is 187 Å². The second kappa shape index (κ2) is 8.75. The Morgan fingerprint density at radius 2 is 1.69 bits per heavy atom. The molecule has 0 aliphatic carbocycles. The lowest BCUT2D eigenvalue weighted by Gasteiger charge is -2.44. The van der Waals surface area contributed by atoms with Gasteiger partial charge in [0.25, 0.3) is 5.91 Å². The number of carbonyl (C=O) groups is 2. The molecule has 32 heavy (non-hydrogen) atoms. The van der Waals surface area contributed by atoms with Crippen LogP contribution in [0.4, 0.5) is 5.69 Å².